The van der Waals surface area contributed by atoms with Crippen LogP contribution in [0.2, 0.25) is 0 Å². The van der Waals surface area contributed by atoms with E-state index in [9.17, 15) is 4.79 Å². The van der Waals surface area contributed by atoms with Crippen molar-refractivity contribution < 1.29 is 9.53 Å². The van der Waals surface area contributed by atoms with Crippen molar-refractivity contribution in [3.8, 4) is 11.8 Å². The molecule has 0 atom stereocenters. The van der Waals surface area contributed by atoms with Crippen molar-refractivity contribution in [1.29, 1.82) is 5.26 Å². The average molecular weight is 312 g/mol. The van der Waals surface area contributed by atoms with Gasteiger partial charge < -0.3 is 10.1 Å². The van der Waals surface area contributed by atoms with Crippen molar-refractivity contribution in [1.82, 2.24) is 9.78 Å². The molecule has 120 valence electrons. The molecule has 2 aromatic rings. The molecule has 0 radical (unpaired) electrons. The lowest BCUT2D eigenvalue weighted by atomic mass is 10.2. The molecule has 0 bridgehead atoms. The summed E-state index contributed by atoms with van der Waals surface area (Å²) < 4.78 is 7.40. The van der Waals surface area contributed by atoms with Crippen LogP contribution in [0.15, 0.2) is 30.6 Å². The molecule has 6 nitrogen and oxygen atoms in total. The lowest BCUT2D eigenvalue weighted by molar-refractivity contribution is -0.116. The van der Waals surface area contributed by atoms with Crippen LogP contribution in [0, 0.1) is 18.3 Å². The molecule has 0 spiro atoms. The van der Waals surface area contributed by atoms with Crippen molar-refractivity contribution in [2.75, 3.05) is 5.32 Å². The van der Waals surface area contributed by atoms with E-state index < -0.39 is 0 Å². The Morgan fingerprint density at radius 3 is 2.87 bits per heavy atom. The first-order valence-electron chi connectivity index (χ1n) is 7.47. The number of amides is 1. The highest BCUT2D eigenvalue weighted by Gasteiger charge is 2.11. The summed E-state index contributed by atoms with van der Waals surface area (Å²) in [4.78, 5) is 12.1. The number of hydrogen-bond acceptors (Lipinski definition) is 4. The zero-order valence-corrected chi connectivity index (χ0v) is 13.5. The van der Waals surface area contributed by atoms with Gasteiger partial charge in [-0.25, -0.2) is 0 Å². The third kappa shape index (κ3) is 4.85. The van der Waals surface area contributed by atoms with Gasteiger partial charge in [0.05, 0.1) is 29.6 Å². The largest absolute Gasteiger partial charge is 0.489 e. The third-order valence-corrected chi connectivity index (χ3v) is 3.08. The Morgan fingerprint density at radius 2 is 2.26 bits per heavy atom. The van der Waals surface area contributed by atoms with E-state index in [2.05, 4.69) is 16.5 Å². The molecule has 1 aromatic carbocycles. The average Bonchev–Trinajstić information content (AvgIpc) is 2.92. The molecule has 0 fully saturated rings. The summed E-state index contributed by atoms with van der Waals surface area (Å²) in [5.41, 5.74) is 2.04. The van der Waals surface area contributed by atoms with Crippen LogP contribution in [0.1, 0.15) is 31.4 Å². The highest BCUT2D eigenvalue weighted by Crippen LogP contribution is 2.27. The number of carbonyl (C=O) groups is 1. The molecule has 2 rings (SSSR count). The zero-order valence-electron chi connectivity index (χ0n) is 13.5. The van der Waals surface area contributed by atoms with Gasteiger partial charge in [-0.05, 0) is 44.5 Å². The number of ether oxygens (including phenoxy) is 1. The number of nitriles is 1. The number of carbonyl (C=O) groups excluding carboxylic acids is 1. The Bertz CT molecular complexity index is 728. The molecular formula is C17H20N4O2. The van der Waals surface area contributed by atoms with Crippen LogP contribution in [0.3, 0.4) is 0 Å². The molecule has 1 aromatic heterocycles. The Balaban J connectivity index is 2.04. The van der Waals surface area contributed by atoms with Crippen molar-refractivity contribution >= 4 is 11.6 Å². The maximum atomic E-state index is 12.1. The molecule has 0 saturated heterocycles. The lowest BCUT2D eigenvalue weighted by Crippen LogP contribution is -2.16. The smallest absolute Gasteiger partial charge is 0.226 e. The van der Waals surface area contributed by atoms with Gasteiger partial charge in [0, 0.05) is 19.2 Å². The molecule has 1 heterocycles. The Labute approximate surface area is 135 Å². The van der Waals surface area contributed by atoms with E-state index >= 15 is 0 Å². The fourth-order valence-electron chi connectivity index (χ4n) is 2.07. The van der Waals surface area contributed by atoms with Gasteiger partial charge in [-0.1, -0.05) is 0 Å². The topological polar surface area (TPSA) is 79.9 Å². The Morgan fingerprint density at radius 1 is 1.48 bits per heavy atom. The van der Waals surface area contributed by atoms with Gasteiger partial charge in [0.25, 0.3) is 0 Å². The summed E-state index contributed by atoms with van der Waals surface area (Å²) in [6.07, 6.45) is 3.91. The van der Waals surface area contributed by atoms with E-state index in [0.717, 1.165) is 5.56 Å². The number of nitrogens with zero attached hydrogens (tertiary/aromatic N) is 3. The fraction of sp³-hybridized carbons (Fsp3) is 0.353. The molecule has 0 aliphatic heterocycles. The monoisotopic (exact) mass is 312 g/mol. The fourth-order valence-corrected chi connectivity index (χ4v) is 2.07. The lowest BCUT2D eigenvalue weighted by Gasteiger charge is -2.15. The molecule has 6 heteroatoms. The number of aromatic nitrogens is 2. The van der Waals surface area contributed by atoms with E-state index in [1.54, 1.807) is 29.1 Å². The normalized spacial score (nSPS) is 10.4. The first-order chi connectivity index (χ1) is 11.0. The molecule has 1 amide bonds. The maximum absolute atomic E-state index is 12.1. The highest BCUT2D eigenvalue weighted by molar-refractivity contribution is 5.92. The summed E-state index contributed by atoms with van der Waals surface area (Å²) in [6.45, 7) is 6.26. The summed E-state index contributed by atoms with van der Waals surface area (Å²) in [5, 5.41) is 16.0. The van der Waals surface area contributed by atoms with Crippen molar-refractivity contribution in [3.05, 3.63) is 41.7 Å². The van der Waals surface area contributed by atoms with E-state index in [4.69, 9.17) is 10.00 Å². The van der Waals surface area contributed by atoms with Crippen LogP contribution in [-0.2, 0) is 11.3 Å². The quantitative estimate of drug-likeness (QED) is 0.889. The molecule has 1 N–H and O–H groups in total. The van der Waals surface area contributed by atoms with Crippen LogP contribution in [0.25, 0.3) is 0 Å². The minimum absolute atomic E-state index is 0.0226. The minimum atomic E-state index is -0.151. The van der Waals surface area contributed by atoms with Gasteiger partial charge in [0.15, 0.2) is 0 Å². The molecular weight excluding hydrogens is 292 g/mol. The second-order valence-corrected chi connectivity index (χ2v) is 5.57. The molecule has 0 unspecified atom stereocenters. The molecule has 0 saturated carbocycles. The number of nitrogens with one attached hydrogen (secondary N) is 1. The first kappa shape index (κ1) is 16.6. The van der Waals surface area contributed by atoms with Gasteiger partial charge in [-0.3, -0.25) is 9.48 Å². The SMILES string of the molecule is Cc1cnn(CCC(=O)Nc2cc(C#N)ccc2OC(C)C)c1. The van der Waals surface area contributed by atoms with Gasteiger partial charge in [0.2, 0.25) is 5.91 Å². The van der Waals surface area contributed by atoms with Crippen molar-refractivity contribution in [3.63, 3.8) is 0 Å². The standard InChI is InChI=1S/C17H20N4O2/c1-12(2)23-16-5-4-14(9-18)8-15(16)20-17(22)6-7-21-11-13(3)10-19-21/h4-5,8,10-12H,6-7H2,1-3H3,(H,20,22). The molecule has 0 aliphatic rings. The first-order valence-corrected chi connectivity index (χ1v) is 7.47. The second-order valence-electron chi connectivity index (χ2n) is 5.57. The summed E-state index contributed by atoms with van der Waals surface area (Å²) in [6, 6.07) is 7.05. The van der Waals surface area contributed by atoms with E-state index in [0.29, 0.717) is 30.0 Å². The van der Waals surface area contributed by atoms with Crippen LogP contribution in [-0.4, -0.2) is 21.8 Å². The minimum Gasteiger partial charge on any atom is -0.489 e. The number of rotatable bonds is 6. The molecule has 0 aliphatic carbocycles. The highest BCUT2D eigenvalue weighted by atomic mass is 16.5. The summed E-state index contributed by atoms with van der Waals surface area (Å²) in [5.74, 6) is 0.407. The second kappa shape index (κ2) is 7.45. The van der Waals surface area contributed by atoms with Gasteiger partial charge in [-0.2, -0.15) is 10.4 Å². The predicted octanol–water partition coefficient (Wildman–Crippen LogP) is 2.88. The van der Waals surface area contributed by atoms with Crippen LogP contribution >= 0.6 is 0 Å². The van der Waals surface area contributed by atoms with E-state index in [1.807, 2.05) is 27.0 Å². The number of aryl methyl sites for hydroxylation is 2. The van der Waals surface area contributed by atoms with E-state index in [-0.39, 0.29) is 12.0 Å². The number of anilines is 1. The molecule has 23 heavy (non-hydrogen) atoms. The summed E-state index contributed by atoms with van der Waals surface area (Å²) in [7, 11) is 0. The predicted molar refractivity (Wildman–Crippen MR) is 87.1 cm³/mol. The van der Waals surface area contributed by atoms with Gasteiger partial charge in [-0.15, -0.1) is 0 Å². The van der Waals surface area contributed by atoms with E-state index in [1.165, 1.54) is 0 Å². The van der Waals surface area contributed by atoms with Crippen LogP contribution in [0.5, 0.6) is 5.75 Å². The van der Waals surface area contributed by atoms with Crippen molar-refractivity contribution in [2.45, 2.75) is 39.8 Å². The summed E-state index contributed by atoms with van der Waals surface area (Å²) >= 11 is 0. The van der Waals surface area contributed by atoms with Crippen molar-refractivity contribution in [2.24, 2.45) is 0 Å². The number of benzene rings is 1. The van der Waals surface area contributed by atoms with Gasteiger partial charge >= 0.3 is 0 Å². The maximum Gasteiger partial charge on any atom is 0.226 e. The third-order valence-electron chi connectivity index (χ3n) is 3.08. The Hall–Kier alpha value is -2.81. The Kier molecular flexibility index (Phi) is 5.36. The van der Waals surface area contributed by atoms with Crippen LogP contribution in [0.4, 0.5) is 5.69 Å². The van der Waals surface area contributed by atoms with Crippen LogP contribution < -0.4 is 10.1 Å². The zero-order chi connectivity index (χ0) is 16.8. The number of hydrogen-bond donors (Lipinski definition) is 1. The van der Waals surface area contributed by atoms with Gasteiger partial charge in [0.1, 0.15) is 5.75 Å².